The van der Waals surface area contributed by atoms with Crippen LogP contribution in [0.3, 0.4) is 0 Å². The van der Waals surface area contributed by atoms with Gasteiger partial charge in [-0.25, -0.2) is 0 Å². The molecule has 0 fully saturated rings. The molecule has 0 saturated carbocycles. The lowest BCUT2D eigenvalue weighted by Crippen LogP contribution is -2.15. The summed E-state index contributed by atoms with van der Waals surface area (Å²) in [5.41, 5.74) is 2.75. The third kappa shape index (κ3) is 4.08. The summed E-state index contributed by atoms with van der Waals surface area (Å²) >= 11 is 0. The Hall–Kier alpha value is -1.53. The first-order valence-electron chi connectivity index (χ1n) is 6.06. The number of rotatable bonds is 6. The van der Waals surface area contributed by atoms with Gasteiger partial charge in [0, 0.05) is 18.8 Å². The second-order valence-corrected chi connectivity index (χ2v) is 4.31. The predicted molar refractivity (Wildman–Crippen MR) is 69.9 cm³/mol. The maximum absolute atomic E-state index is 8.91. The minimum Gasteiger partial charge on any atom is -0.396 e. The van der Waals surface area contributed by atoms with Crippen LogP contribution in [0.1, 0.15) is 30.9 Å². The molecule has 0 heterocycles. The fourth-order valence-corrected chi connectivity index (χ4v) is 1.79. The highest BCUT2D eigenvalue weighted by Crippen LogP contribution is 2.16. The fourth-order valence-electron chi connectivity index (χ4n) is 1.79. The van der Waals surface area contributed by atoms with Crippen molar-refractivity contribution in [3.05, 3.63) is 29.3 Å². The monoisotopic (exact) mass is 232 g/mol. The Morgan fingerprint density at radius 1 is 1.47 bits per heavy atom. The van der Waals surface area contributed by atoms with E-state index in [9.17, 15) is 0 Å². The molecule has 2 N–H and O–H groups in total. The standard InChI is InChI=1S/C14H20N2O/c1-3-12(6-7-17)10-16-14-5-4-13(9-15)11(2)8-14/h4-5,8,12,16-17H,3,6-7,10H2,1-2H3. The van der Waals surface area contributed by atoms with Gasteiger partial charge >= 0.3 is 0 Å². The van der Waals surface area contributed by atoms with Crippen LogP contribution in [-0.2, 0) is 0 Å². The molecule has 1 rings (SSSR count). The molecule has 1 aromatic carbocycles. The van der Waals surface area contributed by atoms with Gasteiger partial charge in [-0.05, 0) is 43.0 Å². The van der Waals surface area contributed by atoms with Gasteiger partial charge in [0.2, 0.25) is 0 Å². The van der Waals surface area contributed by atoms with E-state index in [1.54, 1.807) is 0 Å². The smallest absolute Gasteiger partial charge is 0.0994 e. The van der Waals surface area contributed by atoms with Crippen LogP contribution >= 0.6 is 0 Å². The van der Waals surface area contributed by atoms with Gasteiger partial charge in [0.1, 0.15) is 0 Å². The Morgan fingerprint density at radius 3 is 2.76 bits per heavy atom. The highest BCUT2D eigenvalue weighted by molar-refractivity contribution is 5.51. The zero-order valence-corrected chi connectivity index (χ0v) is 10.5. The van der Waals surface area contributed by atoms with Crippen molar-refractivity contribution < 1.29 is 5.11 Å². The van der Waals surface area contributed by atoms with Gasteiger partial charge in [-0.15, -0.1) is 0 Å². The van der Waals surface area contributed by atoms with Crippen molar-refractivity contribution in [2.45, 2.75) is 26.7 Å². The normalized spacial score (nSPS) is 11.9. The zero-order chi connectivity index (χ0) is 12.7. The summed E-state index contributed by atoms with van der Waals surface area (Å²) in [5, 5.41) is 21.1. The summed E-state index contributed by atoms with van der Waals surface area (Å²) < 4.78 is 0. The molecule has 92 valence electrons. The van der Waals surface area contributed by atoms with Crippen molar-refractivity contribution in [2.24, 2.45) is 5.92 Å². The molecule has 0 aromatic heterocycles. The maximum atomic E-state index is 8.91. The lowest BCUT2D eigenvalue weighted by atomic mass is 10.0. The summed E-state index contributed by atoms with van der Waals surface area (Å²) in [4.78, 5) is 0. The van der Waals surface area contributed by atoms with E-state index in [2.05, 4.69) is 18.3 Å². The molecule has 0 saturated heterocycles. The fraction of sp³-hybridized carbons (Fsp3) is 0.500. The molecule has 1 unspecified atom stereocenters. The summed E-state index contributed by atoms with van der Waals surface area (Å²) in [6, 6.07) is 7.91. The minimum atomic E-state index is 0.243. The van der Waals surface area contributed by atoms with E-state index in [4.69, 9.17) is 10.4 Å². The Balaban J connectivity index is 2.58. The van der Waals surface area contributed by atoms with Gasteiger partial charge in [0.05, 0.1) is 11.6 Å². The van der Waals surface area contributed by atoms with Gasteiger partial charge < -0.3 is 10.4 Å². The van der Waals surface area contributed by atoms with Crippen LogP contribution in [0.2, 0.25) is 0 Å². The number of nitrogens with one attached hydrogen (secondary N) is 1. The Labute approximate surface area is 103 Å². The van der Waals surface area contributed by atoms with Crippen molar-refractivity contribution in [3.8, 4) is 6.07 Å². The van der Waals surface area contributed by atoms with E-state index in [1.807, 2.05) is 25.1 Å². The molecule has 0 radical (unpaired) electrons. The summed E-state index contributed by atoms with van der Waals surface area (Å²) in [5.74, 6) is 0.496. The number of aliphatic hydroxyl groups excluding tert-OH is 1. The molecule has 0 aliphatic carbocycles. The van der Waals surface area contributed by atoms with E-state index < -0.39 is 0 Å². The molecular weight excluding hydrogens is 212 g/mol. The van der Waals surface area contributed by atoms with Crippen molar-refractivity contribution in [2.75, 3.05) is 18.5 Å². The van der Waals surface area contributed by atoms with Crippen molar-refractivity contribution in [1.82, 2.24) is 0 Å². The minimum absolute atomic E-state index is 0.243. The largest absolute Gasteiger partial charge is 0.396 e. The van der Waals surface area contributed by atoms with Crippen LogP contribution < -0.4 is 5.32 Å². The van der Waals surface area contributed by atoms with Crippen molar-refractivity contribution in [1.29, 1.82) is 5.26 Å². The molecule has 17 heavy (non-hydrogen) atoms. The van der Waals surface area contributed by atoms with Crippen LogP contribution in [0.5, 0.6) is 0 Å². The number of hydrogen-bond donors (Lipinski definition) is 2. The van der Waals surface area contributed by atoms with Crippen LogP contribution in [0.25, 0.3) is 0 Å². The van der Waals surface area contributed by atoms with E-state index in [-0.39, 0.29) is 6.61 Å². The Bertz CT molecular complexity index is 396. The van der Waals surface area contributed by atoms with Gasteiger partial charge in [-0.2, -0.15) is 5.26 Å². The second-order valence-electron chi connectivity index (χ2n) is 4.31. The molecule has 0 aliphatic heterocycles. The van der Waals surface area contributed by atoms with E-state index in [1.165, 1.54) is 0 Å². The topological polar surface area (TPSA) is 56.0 Å². The second kappa shape index (κ2) is 6.93. The third-order valence-electron chi connectivity index (χ3n) is 3.06. The molecule has 3 nitrogen and oxygen atoms in total. The highest BCUT2D eigenvalue weighted by atomic mass is 16.3. The number of nitrogens with zero attached hydrogens (tertiary/aromatic N) is 1. The first-order valence-corrected chi connectivity index (χ1v) is 6.06. The van der Waals surface area contributed by atoms with Gasteiger partial charge in [-0.1, -0.05) is 13.3 Å². The number of aryl methyl sites for hydroxylation is 1. The first-order chi connectivity index (χ1) is 8.21. The van der Waals surface area contributed by atoms with Crippen LogP contribution in [0.15, 0.2) is 18.2 Å². The predicted octanol–water partition coefficient (Wildman–Crippen LogP) is 2.69. The van der Waals surface area contributed by atoms with Gasteiger partial charge in [0.25, 0.3) is 0 Å². The number of benzene rings is 1. The summed E-state index contributed by atoms with van der Waals surface area (Å²) in [7, 11) is 0. The number of aliphatic hydroxyl groups is 1. The Kier molecular flexibility index (Phi) is 5.51. The van der Waals surface area contributed by atoms with Crippen molar-refractivity contribution in [3.63, 3.8) is 0 Å². The zero-order valence-electron chi connectivity index (χ0n) is 10.5. The molecule has 0 aliphatic rings. The summed E-state index contributed by atoms with van der Waals surface area (Å²) in [6.07, 6.45) is 1.89. The highest BCUT2D eigenvalue weighted by Gasteiger charge is 2.05. The molecule has 0 bridgehead atoms. The van der Waals surface area contributed by atoms with Gasteiger partial charge in [0.15, 0.2) is 0 Å². The molecule has 0 amide bonds. The molecule has 3 heteroatoms. The lowest BCUT2D eigenvalue weighted by molar-refractivity contribution is 0.258. The molecule has 1 atom stereocenters. The number of nitriles is 1. The van der Waals surface area contributed by atoms with Gasteiger partial charge in [-0.3, -0.25) is 0 Å². The maximum Gasteiger partial charge on any atom is 0.0994 e. The average molecular weight is 232 g/mol. The van der Waals surface area contributed by atoms with Crippen LogP contribution in [0.4, 0.5) is 5.69 Å². The molecular formula is C14H20N2O. The quantitative estimate of drug-likeness (QED) is 0.792. The number of anilines is 1. The molecule has 1 aromatic rings. The van der Waals surface area contributed by atoms with Crippen LogP contribution in [0, 0.1) is 24.2 Å². The van der Waals surface area contributed by atoms with E-state index in [0.29, 0.717) is 5.92 Å². The number of hydrogen-bond acceptors (Lipinski definition) is 3. The molecule has 0 spiro atoms. The van der Waals surface area contributed by atoms with Crippen molar-refractivity contribution >= 4 is 5.69 Å². The van der Waals surface area contributed by atoms with Crippen LogP contribution in [-0.4, -0.2) is 18.3 Å². The van der Waals surface area contributed by atoms with E-state index >= 15 is 0 Å². The summed E-state index contributed by atoms with van der Waals surface area (Å²) in [6.45, 7) is 5.18. The first kappa shape index (κ1) is 13.5. The third-order valence-corrected chi connectivity index (χ3v) is 3.06. The lowest BCUT2D eigenvalue weighted by Gasteiger charge is -2.15. The Morgan fingerprint density at radius 2 is 2.24 bits per heavy atom. The van der Waals surface area contributed by atoms with E-state index in [0.717, 1.165) is 36.2 Å². The average Bonchev–Trinajstić information content (AvgIpc) is 2.34. The SMILES string of the molecule is CCC(CCO)CNc1ccc(C#N)c(C)c1.